The van der Waals surface area contributed by atoms with Crippen molar-refractivity contribution >= 4 is 11.8 Å². The monoisotopic (exact) mass is 221 g/mol. The summed E-state index contributed by atoms with van der Waals surface area (Å²) in [5.74, 6) is 2.19. The lowest BCUT2D eigenvalue weighted by atomic mass is 10.0. The molecule has 2 heteroatoms. The normalized spacial score (nSPS) is 16.4. The van der Waals surface area contributed by atoms with Gasteiger partial charge in [0.2, 0.25) is 0 Å². The van der Waals surface area contributed by atoms with Crippen molar-refractivity contribution in [3.63, 3.8) is 0 Å². The fourth-order valence-electron chi connectivity index (χ4n) is 1.70. The van der Waals surface area contributed by atoms with Gasteiger partial charge in [-0.25, -0.2) is 0 Å². The summed E-state index contributed by atoms with van der Waals surface area (Å²) in [5, 5.41) is 3.32. The van der Waals surface area contributed by atoms with Crippen molar-refractivity contribution in [2.24, 2.45) is 5.92 Å². The molecule has 0 radical (unpaired) electrons. The Bertz CT molecular complexity index is 331. The van der Waals surface area contributed by atoms with Crippen molar-refractivity contribution in [2.45, 2.75) is 25.2 Å². The van der Waals surface area contributed by atoms with Crippen LogP contribution in [0.4, 0.5) is 0 Å². The fraction of sp³-hybridized carbons (Fsp3) is 0.538. The molecule has 1 fully saturated rings. The number of hydrogen-bond donors (Lipinski definition) is 1. The van der Waals surface area contributed by atoms with E-state index in [9.17, 15) is 0 Å². The maximum atomic E-state index is 3.32. The summed E-state index contributed by atoms with van der Waals surface area (Å²) < 4.78 is 0. The minimum absolute atomic E-state index is 0.934. The SMILES string of the molecule is Cc1ccc(SCCC2CNC2)cc1C. The van der Waals surface area contributed by atoms with Crippen LogP contribution >= 0.6 is 11.8 Å². The van der Waals surface area contributed by atoms with Gasteiger partial charge in [-0.05, 0) is 68.3 Å². The molecule has 0 amide bonds. The maximum Gasteiger partial charge on any atom is 0.00747 e. The van der Waals surface area contributed by atoms with E-state index in [1.54, 1.807) is 0 Å². The predicted molar refractivity (Wildman–Crippen MR) is 67.6 cm³/mol. The Labute approximate surface area is 96.7 Å². The highest BCUT2D eigenvalue weighted by molar-refractivity contribution is 7.99. The highest BCUT2D eigenvalue weighted by Gasteiger charge is 2.15. The van der Waals surface area contributed by atoms with Crippen LogP contribution in [-0.4, -0.2) is 18.8 Å². The van der Waals surface area contributed by atoms with E-state index in [1.807, 2.05) is 11.8 Å². The third-order valence-corrected chi connectivity index (χ3v) is 4.17. The Balaban J connectivity index is 1.79. The molecule has 1 aromatic rings. The third-order valence-electron chi connectivity index (χ3n) is 3.14. The van der Waals surface area contributed by atoms with Gasteiger partial charge in [-0.3, -0.25) is 0 Å². The van der Waals surface area contributed by atoms with Gasteiger partial charge in [0.1, 0.15) is 0 Å². The van der Waals surface area contributed by atoms with E-state index in [2.05, 4.69) is 37.4 Å². The van der Waals surface area contributed by atoms with E-state index in [-0.39, 0.29) is 0 Å². The lowest BCUT2D eigenvalue weighted by molar-refractivity contribution is 0.341. The number of aryl methyl sites for hydroxylation is 2. The molecule has 15 heavy (non-hydrogen) atoms. The summed E-state index contributed by atoms with van der Waals surface area (Å²) in [5.41, 5.74) is 2.80. The summed E-state index contributed by atoms with van der Waals surface area (Å²) in [6, 6.07) is 6.77. The highest BCUT2D eigenvalue weighted by Crippen LogP contribution is 2.23. The molecule has 1 aliphatic heterocycles. The van der Waals surface area contributed by atoms with E-state index in [0.29, 0.717) is 0 Å². The molecule has 1 N–H and O–H groups in total. The Morgan fingerprint density at radius 2 is 2.07 bits per heavy atom. The van der Waals surface area contributed by atoms with Crippen molar-refractivity contribution in [1.82, 2.24) is 5.32 Å². The lowest BCUT2D eigenvalue weighted by Gasteiger charge is -2.26. The van der Waals surface area contributed by atoms with Crippen LogP contribution < -0.4 is 5.32 Å². The molecule has 1 aliphatic rings. The zero-order valence-electron chi connectivity index (χ0n) is 9.55. The first-order chi connectivity index (χ1) is 7.25. The number of thioether (sulfide) groups is 1. The van der Waals surface area contributed by atoms with E-state index in [4.69, 9.17) is 0 Å². The van der Waals surface area contributed by atoms with E-state index >= 15 is 0 Å². The van der Waals surface area contributed by atoms with Crippen LogP contribution in [-0.2, 0) is 0 Å². The van der Waals surface area contributed by atoms with Crippen molar-refractivity contribution in [1.29, 1.82) is 0 Å². The first-order valence-corrected chi connectivity index (χ1v) is 6.65. The molecule has 2 rings (SSSR count). The second-order valence-electron chi connectivity index (χ2n) is 4.41. The lowest BCUT2D eigenvalue weighted by Crippen LogP contribution is -2.42. The molecule has 82 valence electrons. The van der Waals surface area contributed by atoms with Gasteiger partial charge in [0.05, 0.1) is 0 Å². The third kappa shape index (κ3) is 2.99. The largest absolute Gasteiger partial charge is 0.316 e. The molecule has 1 heterocycles. The van der Waals surface area contributed by atoms with Gasteiger partial charge in [0.15, 0.2) is 0 Å². The maximum absolute atomic E-state index is 3.32. The van der Waals surface area contributed by atoms with Gasteiger partial charge >= 0.3 is 0 Å². The van der Waals surface area contributed by atoms with E-state index in [1.165, 1.54) is 41.3 Å². The summed E-state index contributed by atoms with van der Waals surface area (Å²) in [6.07, 6.45) is 1.35. The number of benzene rings is 1. The van der Waals surface area contributed by atoms with Crippen LogP contribution in [0.25, 0.3) is 0 Å². The summed E-state index contributed by atoms with van der Waals surface area (Å²) in [4.78, 5) is 1.42. The van der Waals surface area contributed by atoms with Crippen LogP contribution in [0.2, 0.25) is 0 Å². The molecule has 1 saturated heterocycles. The van der Waals surface area contributed by atoms with Gasteiger partial charge in [-0.2, -0.15) is 0 Å². The summed E-state index contributed by atoms with van der Waals surface area (Å²) >= 11 is 1.99. The number of rotatable bonds is 4. The Hall–Kier alpha value is -0.470. The second kappa shape index (κ2) is 5.04. The second-order valence-corrected chi connectivity index (χ2v) is 5.58. The molecular formula is C13H19NS. The van der Waals surface area contributed by atoms with Crippen LogP contribution in [0.5, 0.6) is 0 Å². The molecule has 0 saturated carbocycles. The highest BCUT2D eigenvalue weighted by atomic mass is 32.2. The summed E-state index contributed by atoms with van der Waals surface area (Å²) in [6.45, 7) is 6.82. The van der Waals surface area contributed by atoms with Crippen LogP contribution in [0.1, 0.15) is 17.5 Å². The Morgan fingerprint density at radius 3 is 2.67 bits per heavy atom. The van der Waals surface area contributed by atoms with Crippen molar-refractivity contribution < 1.29 is 0 Å². The fourth-order valence-corrected chi connectivity index (χ4v) is 2.81. The Kier molecular flexibility index (Phi) is 3.71. The standard InChI is InChI=1S/C13H19NS/c1-10-3-4-13(7-11(10)2)15-6-5-12-8-14-9-12/h3-4,7,12,14H,5-6,8-9H2,1-2H3. The minimum Gasteiger partial charge on any atom is -0.316 e. The number of hydrogen-bond acceptors (Lipinski definition) is 2. The van der Waals surface area contributed by atoms with E-state index < -0.39 is 0 Å². The van der Waals surface area contributed by atoms with Gasteiger partial charge in [-0.1, -0.05) is 6.07 Å². The molecule has 0 spiro atoms. The molecule has 0 aliphatic carbocycles. The van der Waals surface area contributed by atoms with Crippen molar-refractivity contribution in [3.05, 3.63) is 29.3 Å². The van der Waals surface area contributed by atoms with Gasteiger partial charge in [0, 0.05) is 4.90 Å². The molecular weight excluding hydrogens is 202 g/mol. The summed E-state index contributed by atoms with van der Waals surface area (Å²) in [7, 11) is 0. The number of nitrogens with one attached hydrogen (secondary N) is 1. The zero-order chi connectivity index (χ0) is 10.7. The molecule has 0 unspecified atom stereocenters. The quantitative estimate of drug-likeness (QED) is 0.784. The molecule has 0 aromatic heterocycles. The van der Waals surface area contributed by atoms with Gasteiger partial charge in [-0.15, -0.1) is 11.8 Å². The molecule has 0 atom stereocenters. The first-order valence-electron chi connectivity index (χ1n) is 5.66. The molecule has 1 aromatic carbocycles. The van der Waals surface area contributed by atoms with Gasteiger partial charge in [0.25, 0.3) is 0 Å². The average Bonchev–Trinajstić information content (AvgIpc) is 2.15. The zero-order valence-corrected chi connectivity index (χ0v) is 10.4. The minimum atomic E-state index is 0.934. The van der Waals surface area contributed by atoms with E-state index in [0.717, 1.165) is 5.92 Å². The average molecular weight is 221 g/mol. The topological polar surface area (TPSA) is 12.0 Å². The van der Waals surface area contributed by atoms with Crippen molar-refractivity contribution in [2.75, 3.05) is 18.8 Å². The molecule has 0 bridgehead atoms. The van der Waals surface area contributed by atoms with Crippen LogP contribution in [0.3, 0.4) is 0 Å². The van der Waals surface area contributed by atoms with Crippen LogP contribution in [0, 0.1) is 19.8 Å². The van der Waals surface area contributed by atoms with Crippen LogP contribution in [0.15, 0.2) is 23.1 Å². The smallest absolute Gasteiger partial charge is 0.00747 e. The predicted octanol–water partition coefficient (Wildman–Crippen LogP) is 3.01. The first kappa shape index (κ1) is 11.0. The Morgan fingerprint density at radius 1 is 1.27 bits per heavy atom. The molecule has 1 nitrogen and oxygen atoms in total. The van der Waals surface area contributed by atoms with Crippen molar-refractivity contribution in [3.8, 4) is 0 Å². The van der Waals surface area contributed by atoms with Gasteiger partial charge < -0.3 is 5.32 Å².